The van der Waals surface area contributed by atoms with Gasteiger partial charge >= 0.3 is 0 Å². The van der Waals surface area contributed by atoms with Gasteiger partial charge < -0.3 is 25.4 Å². The molecule has 3 rings (SSSR count). The predicted molar refractivity (Wildman–Crippen MR) is 114 cm³/mol. The first-order valence-corrected chi connectivity index (χ1v) is 9.58. The van der Waals surface area contributed by atoms with Crippen LogP contribution in [0.4, 0.5) is 5.69 Å². The van der Waals surface area contributed by atoms with E-state index < -0.39 is 24.0 Å². The number of benzene rings is 3. The summed E-state index contributed by atoms with van der Waals surface area (Å²) in [5, 5.41) is 33.8. The monoisotopic (exact) mass is 417 g/mol. The third kappa shape index (κ3) is 6.01. The van der Waals surface area contributed by atoms with Crippen LogP contribution < -0.4 is 10.4 Å². The summed E-state index contributed by atoms with van der Waals surface area (Å²) in [7, 11) is 0. The molecule has 0 heterocycles. The van der Waals surface area contributed by atoms with E-state index >= 15 is 0 Å². The summed E-state index contributed by atoms with van der Waals surface area (Å²) in [6.45, 7) is 0. The molecule has 0 aliphatic rings. The van der Waals surface area contributed by atoms with Gasteiger partial charge in [-0.05, 0) is 35.4 Å². The van der Waals surface area contributed by atoms with E-state index in [1.54, 1.807) is 78.9 Å². The van der Waals surface area contributed by atoms with Crippen LogP contribution in [-0.4, -0.2) is 34.3 Å². The molecule has 3 N–H and O–H groups in total. The molecule has 0 radical (unpaired) electrons. The maximum absolute atomic E-state index is 12.3. The zero-order chi connectivity index (χ0) is 22.2. The standard InChI is InChI=1S/C24H22N2O5/c27-20-9-5-4-8-18(20)15-25-19-12-10-16(11-13-19)14-21(28)26-22(24(30)31)23(29)17-6-2-1-3-7-17/h1-13,15,22-23,27,29H,14H2,(H,26,28)(H,30,31)/p-1/t22-,23+/m1/s1. The highest BCUT2D eigenvalue weighted by atomic mass is 16.4. The van der Waals surface area contributed by atoms with Crippen LogP contribution >= 0.6 is 0 Å². The normalized spacial score (nSPS) is 12.9. The van der Waals surface area contributed by atoms with Crippen LogP contribution in [0.3, 0.4) is 0 Å². The Bertz CT molecular complexity index is 1060. The first kappa shape index (κ1) is 21.7. The molecule has 158 valence electrons. The molecule has 3 aromatic carbocycles. The smallest absolute Gasteiger partial charge is 0.225 e. The number of aliphatic carboxylic acids is 1. The lowest BCUT2D eigenvalue weighted by Gasteiger charge is -2.25. The van der Waals surface area contributed by atoms with E-state index in [1.165, 1.54) is 6.21 Å². The van der Waals surface area contributed by atoms with Crippen molar-refractivity contribution < 1.29 is 24.9 Å². The molecule has 1 amide bonds. The number of phenols is 1. The van der Waals surface area contributed by atoms with Crippen molar-refractivity contribution in [3.8, 4) is 5.75 Å². The molecule has 0 aromatic heterocycles. The van der Waals surface area contributed by atoms with E-state index in [0.29, 0.717) is 22.4 Å². The average Bonchev–Trinajstić information content (AvgIpc) is 2.78. The fourth-order valence-corrected chi connectivity index (χ4v) is 2.96. The summed E-state index contributed by atoms with van der Waals surface area (Å²) in [6, 6.07) is 20.2. The zero-order valence-electron chi connectivity index (χ0n) is 16.5. The number of hydrogen-bond acceptors (Lipinski definition) is 6. The Hall–Kier alpha value is -3.97. The quantitative estimate of drug-likeness (QED) is 0.481. The lowest BCUT2D eigenvalue weighted by Crippen LogP contribution is -2.51. The Morgan fingerprint density at radius 2 is 1.61 bits per heavy atom. The van der Waals surface area contributed by atoms with Crippen LogP contribution in [0.5, 0.6) is 5.75 Å². The molecule has 31 heavy (non-hydrogen) atoms. The summed E-state index contributed by atoms with van der Waals surface area (Å²) in [5.74, 6) is -2.01. The predicted octanol–water partition coefficient (Wildman–Crippen LogP) is 1.65. The topological polar surface area (TPSA) is 122 Å². The highest BCUT2D eigenvalue weighted by molar-refractivity contribution is 5.86. The molecule has 0 aliphatic heterocycles. The van der Waals surface area contributed by atoms with Crippen molar-refractivity contribution in [3.63, 3.8) is 0 Å². The molecule has 3 aromatic rings. The van der Waals surface area contributed by atoms with Crippen LogP contribution in [0.1, 0.15) is 22.8 Å². The fourth-order valence-electron chi connectivity index (χ4n) is 2.96. The van der Waals surface area contributed by atoms with Crippen molar-refractivity contribution in [2.75, 3.05) is 0 Å². The number of carboxylic acids is 1. The molecule has 0 saturated heterocycles. The number of aliphatic hydroxyl groups excluding tert-OH is 1. The van der Waals surface area contributed by atoms with Gasteiger partial charge in [0.25, 0.3) is 0 Å². The summed E-state index contributed by atoms with van der Waals surface area (Å²) in [5.41, 5.74) is 2.21. The van der Waals surface area contributed by atoms with Crippen LogP contribution in [0, 0.1) is 0 Å². The number of carbonyl (C=O) groups is 2. The number of para-hydroxylation sites is 1. The van der Waals surface area contributed by atoms with E-state index in [2.05, 4.69) is 10.3 Å². The van der Waals surface area contributed by atoms with E-state index in [-0.39, 0.29) is 12.2 Å². The molecule has 0 fully saturated rings. The number of phenolic OH excluding ortho intramolecular Hbond substituents is 1. The zero-order valence-corrected chi connectivity index (χ0v) is 16.5. The Balaban J connectivity index is 1.62. The highest BCUT2D eigenvalue weighted by Crippen LogP contribution is 2.18. The van der Waals surface area contributed by atoms with Gasteiger partial charge in [-0.25, -0.2) is 0 Å². The summed E-state index contributed by atoms with van der Waals surface area (Å²) < 4.78 is 0. The van der Waals surface area contributed by atoms with Crippen molar-refractivity contribution in [1.29, 1.82) is 0 Å². The van der Waals surface area contributed by atoms with Crippen molar-refractivity contribution in [1.82, 2.24) is 5.32 Å². The molecular weight excluding hydrogens is 396 g/mol. The van der Waals surface area contributed by atoms with Gasteiger partial charge in [0, 0.05) is 11.8 Å². The number of carboxylic acid groups (broad SMARTS) is 1. The van der Waals surface area contributed by atoms with Crippen LogP contribution in [0.15, 0.2) is 83.9 Å². The number of aromatic hydroxyl groups is 1. The Morgan fingerprint density at radius 1 is 0.968 bits per heavy atom. The second kappa shape index (κ2) is 10.2. The summed E-state index contributed by atoms with van der Waals surface area (Å²) in [4.78, 5) is 28.0. The van der Waals surface area contributed by atoms with Crippen molar-refractivity contribution in [2.24, 2.45) is 4.99 Å². The Kier molecular flexibility index (Phi) is 7.13. The number of aliphatic hydroxyl groups is 1. The maximum atomic E-state index is 12.3. The number of nitrogens with zero attached hydrogens (tertiary/aromatic N) is 1. The molecule has 0 bridgehead atoms. The lowest BCUT2D eigenvalue weighted by molar-refractivity contribution is -0.310. The molecule has 0 aliphatic carbocycles. The van der Waals surface area contributed by atoms with Gasteiger partial charge in [0.05, 0.1) is 24.1 Å². The number of rotatable bonds is 8. The van der Waals surface area contributed by atoms with Gasteiger partial charge in [-0.1, -0.05) is 54.6 Å². The van der Waals surface area contributed by atoms with Crippen LogP contribution in [0.25, 0.3) is 0 Å². The first-order chi connectivity index (χ1) is 14.9. The van der Waals surface area contributed by atoms with Crippen molar-refractivity contribution >= 4 is 23.8 Å². The Labute approximate surface area is 179 Å². The third-order valence-electron chi connectivity index (χ3n) is 4.62. The SMILES string of the molecule is O=C(Cc1ccc(N=Cc2ccccc2O)cc1)N[C@@H](C(=O)[O-])[C@@H](O)c1ccccc1. The number of hydrogen-bond donors (Lipinski definition) is 3. The van der Waals surface area contributed by atoms with E-state index in [4.69, 9.17) is 0 Å². The minimum absolute atomic E-state index is 0.0746. The highest BCUT2D eigenvalue weighted by Gasteiger charge is 2.24. The largest absolute Gasteiger partial charge is 0.548 e. The maximum Gasteiger partial charge on any atom is 0.225 e. The number of aliphatic imine (C=N–C) groups is 1. The number of nitrogens with one attached hydrogen (secondary N) is 1. The van der Waals surface area contributed by atoms with Crippen LogP contribution in [0.2, 0.25) is 0 Å². The van der Waals surface area contributed by atoms with Gasteiger partial charge in [-0.15, -0.1) is 0 Å². The molecule has 2 atom stereocenters. The number of amides is 1. The molecule has 0 saturated carbocycles. The van der Waals surface area contributed by atoms with Gasteiger partial charge in [-0.2, -0.15) is 0 Å². The summed E-state index contributed by atoms with van der Waals surface area (Å²) in [6.07, 6.45) is 0.0302. The van der Waals surface area contributed by atoms with E-state index in [9.17, 15) is 24.9 Å². The molecule has 0 unspecified atom stereocenters. The molecular formula is C24H21N2O5-. The average molecular weight is 417 g/mol. The third-order valence-corrected chi connectivity index (χ3v) is 4.62. The second-order valence-electron chi connectivity index (χ2n) is 6.88. The fraction of sp³-hybridized carbons (Fsp3) is 0.125. The van der Waals surface area contributed by atoms with Gasteiger partial charge in [-0.3, -0.25) is 9.79 Å². The molecule has 7 heteroatoms. The number of carbonyl (C=O) groups excluding carboxylic acids is 2. The van der Waals surface area contributed by atoms with Gasteiger partial charge in [0.2, 0.25) is 5.91 Å². The lowest BCUT2D eigenvalue weighted by atomic mass is 10.0. The van der Waals surface area contributed by atoms with Gasteiger partial charge in [0.1, 0.15) is 11.9 Å². The van der Waals surface area contributed by atoms with Crippen molar-refractivity contribution in [2.45, 2.75) is 18.6 Å². The van der Waals surface area contributed by atoms with E-state index in [1.807, 2.05) is 0 Å². The second-order valence-corrected chi connectivity index (χ2v) is 6.88. The van der Waals surface area contributed by atoms with Crippen molar-refractivity contribution in [3.05, 3.63) is 95.6 Å². The minimum atomic E-state index is -1.57. The van der Waals surface area contributed by atoms with Crippen LogP contribution in [-0.2, 0) is 16.0 Å². The Morgan fingerprint density at radius 3 is 2.26 bits per heavy atom. The van der Waals surface area contributed by atoms with Gasteiger partial charge in [0.15, 0.2) is 0 Å². The minimum Gasteiger partial charge on any atom is -0.548 e. The van der Waals surface area contributed by atoms with E-state index in [0.717, 1.165) is 0 Å². The summed E-state index contributed by atoms with van der Waals surface area (Å²) >= 11 is 0. The molecule has 0 spiro atoms. The molecule has 7 nitrogen and oxygen atoms in total. The first-order valence-electron chi connectivity index (χ1n) is 9.58.